The number of nitrogens with zero attached hydrogens (tertiary/aromatic N) is 2. The molecule has 0 aliphatic carbocycles. The molecule has 0 saturated carbocycles. The van der Waals surface area contributed by atoms with Gasteiger partial charge in [-0.15, -0.1) is 0 Å². The molecular weight excluding hydrogens is 324 g/mol. The zero-order valence-corrected chi connectivity index (χ0v) is 13.1. The van der Waals surface area contributed by atoms with Crippen LogP contribution in [0.25, 0.3) is 17.2 Å². The number of hydrogen-bond acceptors (Lipinski definition) is 6. The lowest BCUT2D eigenvalue weighted by molar-refractivity contribution is -0.384. The highest BCUT2D eigenvalue weighted by atomic mass is 16.6. The summed E-state index contributed by atoms with van der Waals surface area (Å²) in [6.45, 7) is 0. The summed E-state index contributed by atoms with van der Waals surface area (Å²) in [5, 5.41) is 20.8. The van der Waals surface area contributed by atoms with E-state index in [1.165, 1.54) is 18.2 Å². The van der Waals surface area contributed by atoms with Gasteiger partial charge in [0.25, 0.3) is 5.69 Å². The number of allylic oxidation sites excluding steroid dienone is 1. The number of aliphatic hydroxyl groups excluding tert-OH is 1. The van der Waals surface area contributed by atoms with Crippen LogP contribution >= 0.6 is 0 Å². The number of aliphatic hydroxyl groups is 1. The molecule has 3 rings (SSSR count). The Hall–Kier alpha value is -3.48. The molecule has 0 saturated heterocycles. The van der Waals surface area contributed by atoms with Gasteiger partial charge in [-0.25, -0.2) is 9.78 Å². The molecule has 126 valence electrons. The van der Waals surface area contributed by atoms with Gasteiger partial charge >= 0.3 is 5.63 Å². The van der Waals surface area contributed by atoms with Gasteiger partial charge in [0.2, 0.25) is 0 Å². The van der Waals surface area contributed by atoms with E-state index < -0.39 is 10.5 Å². The van der Waals surface area contributed by atoms with Crippen molar-refractivity contribution < 1.29 is 14.4 Å². The first-order chi connectivity index (χ1) is 12.0. The van der Waals surface area contributed by atoms with E-state index in [0.717, 1.165) is 11.6 Å². The van der Waals surface area contributed by atoms with Crippen molar-refractivity contribution in [2.45, 2.75) is 12.8 Å². The van der Waals surface area contributed by atoms with Gasteiger partial charge in [0, 0.05) is 18.6 Å². The minimum atomic E-state index is -0.765. The van der Waals surface area contributed by atoms with Crippen LogP contribution in [0.1, 0.15) is 17.7 Å². The highest BCUT2D eigenvalue weighted by Gasteiger charge is 2.11. The van der Waals surface area contributed by atoms with Crippen LogP contribution in [0.3, 0.4) is 0 Å². The summed E-state index contributed by atoms with van der Waals surface area (Å²) < 4.78 is 5.07. The van der Waals surface area contributed by atoms with Crippen LogP contribution in [0.15, 0.2) is 63.5 Å². The van der Waals surface area contributed by atoms with Crippen LogP contribution in [0, 0.1) is 10.1 Å². The molecule has 7 heteroatoms. The molecule has 1 heterocycles. The zero-order chi connectivity index (χ0) is 17.8. The molecule has 25 heavy (non-hydrogen) atoms. The molecule has 0 radical (unpaired) electrons. The van der Waals surface area contributed by atoms with Crippen LogP contribution in [0.4, 0.5) is 5.69 Å². The summed E-state index contributed by atoms with van der Waals surface area (Å²) >= 11 is 0. The summed E-state index contributed by atoms with van der Waals surface area (Å²) in [6, 6.07) is 13.4. The second-order valence-corrected chi connectivity index (χ2v) is 5.42. The monoisotopic (exact) mass is 338 g/mol. The van der Waals surface area contributed by atoms with Gasteiger partial charge in [-0.05, 0) is 18.1 Å². The average molecular weight is 338 g/mol. The van der Waals surface area contributed by atoms with Crippen LogP contribution in [-0.2, 0) is 6.42 Å². The first-order valence-electron chi connectivity index (χ1n) is 7.56. The Labute approximate surface area is 142 Å². The Morgan fingerprint density at radius 1 is 1.24 bits per heavy atom. The molecule has 2 aromatic carbocycles. The molecule has 0 atom stereocenters. The Balaban J connectivity index is 1.85. The van der Waals surface area contributed by atoms with Gasteiger partial charge in [-0.2, -0.15) is 0 Å². The Bertz CT molecular complexity index is 1010. The van der Waals surface area contributed by atoms with E-state index in [1.54, 1.807) is 0 Å². The molecule has 0 unspecified atom stereocenters. The maximum atomic E-state index is 12.0. The van der Waals surface area contributed by atoms with Gasteiger partial charge in [0.05, 0.1) is 16.7 Å². The van der Waals surface area contributed by atoms with Crippen molar-refractivity contribution in [2.24, 2.45) is 0 Å². The van der Waals surface area contributed by atoms with E-state index in [0.29, 0.717) is 18.4 Å². The number of fused-ring (bicyclic) bond motifs is 1. The lowest BCUT2D eigenvalue weighted by Gasteiger charge is -2.02. The predicted octanol–water partition coefficient (Wildman–Crippen LogP) is 3.63. The third kappa shape index (κ3) is 3.89. The molecule has 1 N–H and O–H groups in total. The summed E-state index contributed by atoms with van der Waals surface area (Å²) in [4.78, 5) is 26.2. The number of nitro groups is 1. The first-order valence-corrected chi connectivity index (χ1v) is 7.56. The minimum Gasteiger partial charge on any atom is -0.512 e. The van der Waals surface area contributed by atoms with Gasteiger partial charge in [0.15, 0.2) is 11.3 Å². The first kappa shape index (κ1) is 16.4. The number of benzene rings is 2. The van der Waals surface area contributed by atoms with Crippen LogP contribution in [0.2, 0.25) is 0 Å². The van der Waals surface area contributed by atoms with Crippen molar-refractivity contribution in [1.29, 1.82) is 0 Å². The standard InChI is InChI=1S/C18H14N2O5/c21-14(8-6-12-4-2-1-3-5-12)11-16-18(22)25-17-10-13(20(23)24)7-9-15(17)19-16/h1-5,7,9-11,21H,6,8H2. The SMILES string of the molecule is O=c1oc2cc([N+](=O)[O-])ccc2nc1C=C(O)CCc1ccccc1. The summed E-state index contributed by atoms with van der Waals surface area (Å²) in [5.41, 5.74) is 0.387. The number of aromatic nitrogens is 1. The summed E-state index contributed by atoms with van der Waals surface area (Å²) in [6.07, 6.45) is 2.23. The van der Waals surface area contributed by atoms with Crippen molar-refractivity contribution in [1.82, 2.24) is 4.98 Å². The van der Waals surface area contributed by atoms with Gasteiger partial charge in [-0.3, -0.25) is 10.1 Å². The number of nitro benzene ring substituents is 1. The number of non-ortho nitro benzene ring substituents is 1. The highest BCUT2D eigenvalue weighted by Crippen LogP contribution is 2.19. The van der Waals surface area contributed by atoms with Crippen LogP contribution in [0.5, 0.6) is 0 Å². The Morgan fingerprint density at radius 3 is 2.72 bits per heavy atom. The van der Waals surface area contributed by atoms with E-state index in [4.69, 9.17) is 4.42 Å². The number of aryl methyl sites for hydroxylation is 1. The van der Waals surface area contributed by atoms with Crippen molar-refractivity contribution in [3.63, 3.8) is 0 Å². The minimum absolute atomic E-state index is 0.00455. The second kappa shape index (κ2) is 6.96. The van der Waals surface area contributed by atoms with E-state index >= 15 is 0 Å². The lowest BCUT2D eigenvalue weighted by atomic mass is 10.1. The molecule has 1 aromatic heterocycles. The number of hydrogen-bond donors (Lipinski definition) is 1. The fourth-order valence-electron chi connectivity index (χ4n) is 2.36. The topological polar surface area (TPSA) is 106 Å². The summed E-state index contributed by atoms with van der Waals surface area (Å²) in [7, 11) is 0. The van der Waals surface area contributed by atoms with Crippen LogP contribution < -0.4 is 5.63 Å². The summed E-state index contributed by atoms with van der Waals surface area (Å²) in [5.74, 6) is 0.00455. The maximum Gasteiger partial charge on any atom is 0.362 e. The molecule has 0 aliphatic rings. The molecule has 0 spiro atoms. The van der Waals surface area contributed by atoms with E-state index in [9.17, 15) is 20.0 Å². The predicted molar refractivity (Wildman–Crippen MR) is 92.3 cm³/mol. The van der Waals surface area contributed by atoms with Crippen LogP contribution in [-0.4, -0.2) is 15.0 Å². The van der Waals surface area contributed by atoms with E-state index in [1.807, 2.05) is 30.3 Å². The third-order valence-corrected chi connectivity index (χ3v) is 3.62. The Kier molecular flexibility index (Phi) is 4.56. The van der Waals surface area contributed by atoms with Crippen molar-refractivity contribution in [3.8, 4) is 0 Å². The third-order valence-electron chi connectivity index (χ3n) is 3.62. The smallest absolute Gasteiger partial charge is 0.362 e. The molecule has 0 aliphatic heterocycles. The van der Waals surface area contributed by atoms with Crippen molar-refractivity contribution in [2.75, 3.05) is 0 Å². The maximum absolute atomic E-state index is 12.0. The molecule has 0 amide bonds. The Morgan fingerprint density at radius 2 is 2.00 bits per heavy atom. The lowest BCUT2D eigenvalue weighted by Crippen LogP contribution is -2.07. The highest BCUT2D eigenvalue weighted by molar-refractivity contribution is 5.75. The quantitative estimate of drug-likeness (QED) is 0.432. The molecular formula is C18H14N2O5. The number of rotatable bonds is 5. The zero-order valence-electron chi connectivity index (χ0n) is 13.1. The molecule has 0 bridgehead atoms. The van der Waals surface area contributed by atoms with Crippen molar-refractivity contribution in [3.05, 3.63) is 86.1 Å². The van der Waals surface area contributed by atoms with Crippen molar-refractivity contribution >= 4 is 22.9 Å². The van der Waals surface area contributed by atoms with E-state index in [2.05, 4.69) is 4.98 Å². The fraction of sp³-hybridized carbons (Fsp3) is 0.111. The van der Waals surface area contributed by atoms with Gasteiger partial charge in [-0.1, -0.05) is 30.3 Å². The van der Waals surface area contributed by atoms with Gasteiger partial charge < -0.3 is 9.52 Å². The largest absolute Gasteiger partial charge is 0.512 e. The molecule has 0 fully saturated rings. The average Bonchev–Trinajstić information content (AvgIpc) is 2.61. The van der Waals surface area contributed by atoms with E-state index in [-0.39, 0.29) is 22.7 Å². The second-order valence-electron chi connectivity index (χ2n) is 5.42. The molecule has 3 aromatic rings. The van der Waals surface area contributed by atoms with Gasteiger partial charge in [0.1, 0.15) is 5.52 Å². The fourth-order valence-corrected chi connectivity index (χ4v) is 2.36. The normalized spacial score (nSPS) is 11.6. The molecule has 7 nitrogen and oxygen atoms in total.